The van der Waals surface area contributed by atoms with Crippen molar-refractivity contribution in [3.8, 4) is 0 Å². The largest absolute Gasteiger partial charge is 0.468 e. The summed E-state index contributed by atoms with van der Waals surface area (Å²) in [5, 5.41) is 2.94. The Bertz CT molecular complexity index is 368. The number of carbonyl (C=O) groups excluding carboxylic acids is 1. The van der Waals surface area contributed by atoms with E-state index in [-0.39, 0.29) is 24.2 Å². The minimum Gasteiger partial charge on any atom is -0.468 e. The summed E-state index contributed by atoms with van der Waals surface area (Å²) >= 11 is 0. The molecule has 0 saturated carbocycles. The molecule has 5 nitrogen and oxygen atoms in total. The molecule has 0 aliphatic heterocycles. The minimum absolute atomic E-state index is 0.0106. The Balaban J connectivity index is 4.46. The highest BCUT2D eigenvalue weighted by Gasteiger charge is 2.29. The summed E-state index contributed by atoms with van der Waals surface area (Å²) in [4.78, 5) is 11.5. The van der Waals surface area contributed by atoms with E-state index in [0.29, 0.717) is 0 Å². The third-order valence-electron chi connectivity index (χ3n) is 2.79. The normalized spacial score (nSPS) is 14.6. The molecule has 18 heavy (non-hydrogen) atoms. The second-order valence-corrected chi connectivity index (χ2v) is 8.49. The van der Waals surface area contributed by atoms with E-state index in [1.54, 1.807) is 20.8 Å². The van der Waals surface area contributed by atoms with Gasteiger partial charge in [-0.05, 0) is 26.7 Å². The highest BCUT2D eigenvalue weighted by atomic mass is 32.2. The predicted molar refractivity (Wildman–Crippen MR) is 72.2 cm³/mol. The van der Waals surface area contributed by atoms with Crippen LogP contribution in [0.1, 0.15) is 34.6 Å². The average molecular weight is 279 g/mol. The summed E-state index contributed by atoms with van der Waals surface area (Å²) in [6, 6.07) is -0.467. The average Bonchev–Trinajstić information content (AvgIpc) is 2.21. The summed E-state index contributed by atoms with van der Waals surface area (Å²) in [5.74, 6) is -0.301. The molecule has 0 amide bonds. The molecular weight excluding hydrogens is 254 g/mol. The van der Waals surface area contributed by atoms with Gasteiger partial charge in [0.2, 0.25) is 0 Å². The van der Waals surface area contributed by atoms with Gasteiger partial charge in [0.1, 0.15) is 6.04 Å². The van der Waals surface area contributed by atoms with Gasteiger partial charge in [0.15, 0.2) is 9.84 Å². The monoisotopic (exact) mass is 279 g/mol. The molecule has 1 N–H and O–H groups in total. The highest BCUT2D eigenvalue weighted by Crippen LogP contribution is 2.15. The van der Waals surface area contributed by atoms with E-state index in [4.69, 9.17) is 0 Å². The summed E-state index contributed by atoms with van der Waals surface area (Å²) in [5.41, 5.74) is 0. The predicted octanol–water partition coefficient (Wildman–Crippen LogP) is 0.987. The lowest BCUT2D eigenvalue weighted by atomic mass is 10.1. The van der Waals surface area contributed by atoms with Gasteiger partial charge in [0.25, 0.3) is 0 Å². The van der Waals surface area contributed by atoms with Crippen molar-refractivity contribution in [1.29, 1.82) is 0 Å². The molecule has 1 unspecified atom stereocenters. The molecule has 0 aliphatic rings. The van der Waals surface area contributed by atoms with Gasteiger partial charge in [0.05, 0.1) is 17.6 Å². The maximum atomic E-state index is 11.9. The number of rotatable bonds is 6. The van der Waals surface area contributed by atoms with Gasteiger partial charge in [-0.15, -0.1) is 0 Å². The first-order chi connectivity index (χ1) is 8.03. The van der Waals surface area contributed by atoms with Crippen LogP contribution >= 0.6 is 0 Å². The second kappa shape index (κ2) is 6.52. The molecule has 0 aliphatic carbocycles. The molecule has 6 heteroatoms. The maximum absolute atomic E-state index is 11.9. The molecule has 0 radical (unpaired) electrons. The fourth-order valence-electron chi connectivity index (χ4n) is 1.37. The number of methoxy groups -OCH3 is 1. The Hall–Kier alpha value is -0.620. The van der Waals surface area contributed by atoms with E-state index in [1.165, 1.54) is 7.11 Å². The van der Waals surface area contributed by atoms with Gasteiger partial charge < -0.3 is 10.1 Å². The van der Waals surface area contributed by atoms with Crippen LogP contribution in [0.2, 0.25) is 0 Å². The van der Waals surface area contributed by atoms with E-state index in [0.717, 1.165) is 0 Å². The topological polar surface area (TPSA) is 72.5 Å². The third kappa shape index (κ3) is 4.94. The number of sulfone groups is 1. The van der Waals surface area contributed by atoms with Crippen molar-refractivity contribution >= 4 is 15.8 Å². The first kappa shape index (κ1) is 17.4. The van der Waals surface area contributed by atoms with Gasteiger partial charge >= 0.3 is 5.97 Å². The minimum atomic E-state index is -3.17. The van der Waals surface area contributed by atoms with E-state index < -0.39 is 20.6 Å². The molecule has 1 atom stereocenters. The Morgan fingerprint density at radius 2 is 1.78 bits per heavy atom. The van der Waals surface area contributed by atoms with Crippen LogP contribution in [-0.2, 0) is 19.4 Å². The van der Waals surface area contributed by atoms with E-state index in [1.807, 2.05) is 13.8 Å². The van der Waals surface area contributed by atoms with Gasteiger partial charge in [-0.2, -0.15) is 0 Å². The zero-order valence-corrected chi connectivity index (χ0v) is 12.9. The van der Waals surface area contributed by atoms with Crippen LogP contribution in [0.5, 0.6) is 0 Å². The number of hydrogen-bond acceptors (Lipinski definition) is 5. The van der Waals surface area contributed by atoms with Crippen LogP contribution in [-0.4, -0.2) is 44.6 Å². The second-order valence-electron chi connectivity index (χ2n) is 5.63. The molecule has 0 rings (SSSR count). The zero-order chi connectivity index (χ0) is 14.6. The van der Waals surface area contributed by atoms with Crippen molar-refractivity contribution in [3.05, 3.63) is 0 Å². The molecule has 108 valence electrons. The van der Waals surface area contributed by atoms with Crippen LogP contribution in [0.4, 0.5) is 0 Å². The number of ether oxygens (including phenoxy) is 1. The Labute approximate surface area is 110 Å². The van der Waals surface area contributed by atoms with Crippen LogP contribution < -0.4 is 5.32 Å². The van der Waals surface area contributed by atoms with Crippen LogP contribution in [0.3, 0.4) is 0 Å². The lowest BCUT2D eigenvalue weighted by molar-refractivity contribution is -0.144. The van der Waals surface area contributed by atoms with Crippen LogP contribution in [0, 0.1) is 5.92 Å². The van der Waals surface area contributed by atoms with Crippen LogP contribution in [0.15, 0.2) is 0 Å². The van der Waals surface area contributed by atoms with Crippen molar-refractivity contribution in [3.63, 3.8) is 0 Å². The van der Waals surface area contributed by atoms with Gasteiger partial charge in [0, 0.05) is 6.54 Å². The molecular formula is C12H25NO4S. The molecule has 0 aromatic rings. The third-order valence-corrected chi connectivity index (χ3v) is 5.40. The van der Waals surface area contributed by atoms with Gasteiger partial charge in [-0.1, -0.05) is 13.8 Å². The van der Waals surface area contributed by atoms with Gasteiger partial charge in [-0.25, -0.2) is 8.42 Å². The van der Waals surface area contributed by atoms with Crippen molar-refractivity contribution in [2.75, 3.05) is 19.4 Å². The number of hydrogen-bond donors (Lipinski definition) is 1. The van der Waals surface area contributed by atoms with Crippen molar-refractivity contribution < 1.29 is 17.9 Å². The summed E-state index contributed by atoms with van der Waals surface area (Å²) < 4.78 is 27.7. The van der Waals surface area contributed by atoms with Crippen molar-refractivity contribution in [1.82, 2.24) is 5.32 Å². The van der Waals surface area contributed by atoms with Crippen LogP contribution in [0.25, 0.3) is 0 Å². The fourth-order valence-corrected chi connectivity index (χ4v) is 2.37. The molecule has 0 aromatic carbocycles. The van der Waals surface area contributed by atoms with Gasteiger partial charge in [-0.3, -0.25) is 4.79 Å². The SMILES string of the molecule is COC(=O)C(NCCS(=O)(=O)C(C)(C)C)C(C)C. The molecule has 0 spiro atoms. The standard InChI is InChI=1S/C12H25NO4S/c1-9(2)10(11(14)17-6)13-7-8-18(15,16)12(3,4)5/h9-10,13H,7-8H2,1-6H3. The number of esters is 1. The Kier molecular flexibility index (Phi) is 6.29. The lowest BCUT2D eigenvalue weighted by Gasteiger charge is -2.22. The maximum Gasteiger partial charge on any atom is 0.323 e. The zero-order valence-electron chi connectivity index (χ0n) is 12.1. The summed E-state index contributed by atoms with van der Waals surface area (Å²) in [7, 11) is -1.84. The van der Waals surface area contributed by atoms with E-state index >= 15 is 0 Å². The summed E-state index contributed by atoms with van der Waals surface area (Å²) in [6.45, 7) is 9.02. The molecule has 0 aromatic heterocycles. The quantitative estimate of drug-likeness (QED) is 0.734. The number of carbonyl (C=O) groups is 1. The molecule has 0 saturated heterocycles. The summed E-state index contributed by atoms with van der Waals surface area (Å²) in [6.07, 6.45) is 0. The molecule has 0 bridgehead atoms. The first-order valence-corrected chi connectivity index (χ1v) is 7.71. The Morgan fingerprint density at radius 1 is 1.28 bits per heavy atom. The van der Waals surface area contributed by atoms with E-state index in [9.17, 15) is 13.2 Å². The Morgan fingerprint density at radius 3 is 2.11 bits per heavy atom. The highest BCUT2D eigenvalue weighted by molar-refractivity contribution is 7.92. The first-order valence-electron chi connectivity index (χ1n) is 6.06. The fraction of sp³-hybridized carbons (Fsp3) is 0.917. The van der Waals surface area contributed by atoms with Crippen molar-refractivity contribution in [2.45, 2.75) is 45.4 Å². The van der Waals surface area contributed by atoms with Crippen molar-refractivity contribution in [2.24, 2.45) is 5.92 Å². The smallest absolute Gasteiger partial charge is 0.323 e. The number of nitrogens with one attached hydrogen (secondary N) is 1. The molecule has 0 heterocycles. The lowest BCUT2D eigenvalue weighted by Crippen LogP contribution is -2.45. The molecule has 0 fully saturated rings. The van der Waals surface area contributed by atoms with E-state index in [2.05, 4.69) is 10.1 Å².